The number of nitriles is 1. The fourth-order valence-electron chi connectivity index (χ4n) is 2.90. The summed E-state index contributed by atoms with van der Waals surface area (Å²) in [4.78, 5) is 12.3. The Morgan fingerprint density at radius 2 is 2.00 bits per heavy atom. The summed E-state index contributed by atoms with van der Waals surface area (Å²) >= 11 is 1.94. The number of nitrogens with zero attached hydrogens (tertiary/aromatic N) is 1. The molecule has 3 nitrogen and oxygen atoms in total. The van der Waals surface area contributed by atoms with Crippen LogP contribution in [0.2, 0.25) is 0 Å². The topological polar surface area (TPSA) is 52.9 Å². The molecule has 1 saturated carbocycles. The summed E-state index contributed by atoms with van der Waals surface area (Å²) in [6.45, 7) is 0.743. The SMILES string of the molecule is N#CC1(C(=O)NCC2CCCS2)CCCCCC1. The highest BCUT2D eigenvalue weighted by molar-refractivity contribution is 8.00. The van der Waals surface area contributed by atoms with Gasteiger partial charge in [0.2, 0.25) is 5.91 Å². The van der Waals surface area contributed by atoms with Crippen molar-refractivity contribution in [3.05, 3.63) is 0 Å². The van der Waals surface area contributed by atoms with Crippen LogP contribution in [-0.2, 0) is 4.79 Å². The maximum Gasteiger partial charge on any atom is 0.240 e. The van der Waals surface area contributed by atoms with Crippen molar-refractivity contribution < 1.29 is 4.79 Å². The molecule has 0 spiro atoms. The molecule has 1 aliphatic heterocycles. The van der Waals surface area contributed by atoms with Gasteiger partial charge in [-0.15, -0.1) is 0 Å². The Morgan fingerprint density at radius 3 is 2.56 bits per heavy atom. The van der Waals surface area contributed by atoms with Crippen molar-refractivity contribution in [3.63, 3.8) is 0 Å². The van der Waals surface area contributed by atoms with Crippen LogP contribution in [0.1, 0.15) is 51.4 Å². The van der Waals surface area contributed by atoms with E-state index < -0.39 is 5.41 Å². The second kappa shape index (κ2) is 6.47. The zero-order valence-corrected chi connectivity index (χ0v) is 11.7. The van der Waals surface area contributed by atoms with E-state index in [2.05, 4.69) is 11.4 Å². The highest BCUT2D eigenvalue weighted by Gasteiger charge is 2.38. The summed E-state index contributed by atoms with van der Waals surface area (Å²) in [6.07, 6.45) is 8.29. The summed E-state index contributed by atoms with van der Waals surface area (Å²) in [6, 6.07) is 2.31. The largest absolute Gasteiger partial charge is 0.354 e. The van der Waals surface area contributed by atoms with Gasteiger partial charge in [0, 0.05) is 11.8 Å². The molecule has 0 bridgehead atoms. The zero-order valence-electron chi connectivity index (χ0n) is 10.9. The fourth-order valence-corrected chi connectivity index (χ4v) is 4.10. The van der Waals surface area contributed by atoms with E-state index in [1.54, 1.807) is 0 Å². The Morgan fingerprint density at radius 1 is 1.28 bits per heavy atom. The van der Waals surface area contributed by atoms with Crippen LogP contribution in [0.15, 0.2) is 0 Å². The van der Waals surface area contributed by atoms with E-state index in [0.717, 1.165) is 45.1 Å². The lowest BCUT2D eigenvalue weighted by atomic mass is 9.81. The van der Waals surface area contributed by atoms with Gasteiger partial charge in [0.15, 0.2) is 0 Å². The second-order valence-corrected chi connectivity index (χ2v) is 6.86. The molecule has 0 aromatic rings. The van der Waals surface area contributed by atoms with Gasteiger partial charge >= 0.3 is 0 Å². The van der Waals surface area contributed by atoms with Crippen molar-refractivity contribution in [2.75, 3.05) is 12.3 Å². The second-order valence-electron chi connectivity index (χ2n) is 5.45. The maximum atomic E-state index is 12.3. The third kappa shape index (κ3) is 3.20. The van der Waals surface area contributed by atoms with Crippen LogP contribution >= 0.6 is 11.8 Å². The molecular formula is C14H22N2OS. The molecule has 2 fully saturated rings. The first-order chi connectivity index (χ1) is 8.77. The summed E-state index contributed by atoms with van der Waals surface area (Å²) in [5, 5.41) is 13.0. The smallest absolute Gasteiger partial charge is 0.240 e. The molecule has 1 saturated heterocycles. The molecule has 1 amide bonds. The van der Waals surface area contributed by atoms with Crippen molar-refractivity contribution in [2.24, 2.45) is 5.41 Å². The number of amides is 1. The number of hydrogen-bond donors (Lipinski definition) is 1. The van der Waals surface area contributed by atoms with Gasteiger partial charge in [0.1, 0.15) is 5.41 Å². The maximum absolute atomic E-state index is 12.3. The summed E-state index contributed by atoms with van der Waals surface area (Å²) in [5.41, 5.74) is -0.736. The molecule has 0 aromatic heterocycles. The third-order valence-corrected chi connectivity index (χ3v) is 5.52. The first-order valence-electron chi connectivity index (χ1n) is 7.08. The molecule has 1 atom stereocenters. The molecule has 1 N–H and O–H groups in total. The van der Waals surface area contributed by atoms with Crippen LogP contribution in [0, 0.1) is 16.7 Å². The molecule has 1 aliphatic carbocycles. The molecule has 2 rings (SSSR count). The molecule has 0 aromatic carbocycles. The first kappa shape index (κ1) is 13.7. The molecular weight excluding hydrogens is 244 g/mol. The Labute approximate surface area is 114 Å². The summed E-state index contributed by atoms with van der Waals surface area (Å²) in [7, 11) is 0. The van der Waals surface area contributed by atoms with Gasteiger partial charge in [-0.2, -0.15) is 17.0 Å². The quantitative estimate of drug-likeness (QED) is 0.799. The van der Waals surface area contributed by atoms with E-state index >= 15 is 0 Å². The van der Waals surface area contributed by atoms with Gasteiger partial charge in [-0.1, -0.05) is 25.7 Å². The highest BCUT2D eigenvalue weighted by Crippen LogP contribution is 2.35. The van der Waals surface area contributed by atoms with Gasteiger partial charge in [0.05, 0.1) is 6.07 Å². The average molecular weight is 266 g/mol. The standard InChI is InChI=1S/C14H22N2OS/c15-11-14(7-3-1-2-4-8-14)13(17)16-10-12-6-5-9-18-12/h12H,1-10H2,(H,16,17). The number of carbonyl (C=O) groups is 1. The van der Waals surface area contributed by atoms with Gasteiger partial charge in [-0.3, -0.25) is 4.79 Å². The monoisotopic (exact) mass is 266 g/mol. The molecule has 0 radical (unpaired) electrons. The van der Waals surface area contributed by atoms with Crippen LogP contribution < -0.4 is 5.32 Å². The molecule has 2 aliphatic rings. The van der Waals surface area contributed by atoms with Crippen molar-refractivity contribution in [2.45, 2.75) is 56.6 Å². The molecule has 18 heavy (non-hydrogen) atoms. The minimum absolute atomic E-state index is 0.0144. The van der Waals surface area contributed by atoms with Crippen molar-refractivity contribution in [1.29, 1.82) is 5.26 Å². The van der Waals surface area contributed by atoms with Gasteiger partial charge in [-0.05, 0) is 31.4 Å². The van der Waals surface area contributed by atoms with Crippen LogP contribution in [-0.4, -0.2) is 23.5 Å². The molecule has 1 heterocycles. The third-order valence-electron chi connectivity index (χ3n) is 4.12. The van der Waals surface area contributed by atoms with Crippen LogP contribution in [0.3, 0.4) is 0 Å². The summed E-state index contributed by atoms with van der Waals surface area (Å²) < 4.78 is 0. The highest BCUT2D eigenvalue weighted by atomic mass is 32.2. The van der Waals surface area contributed by atoms with E-state index in [1.165, 1.54) is 18.6 Å². The predicted octanol–water partition coefficient (Wildman–Crippen LogP) is 2.86. The van der Waals surface area contributed by atoms with Gasteiger partial charge in [-0.25, -0.2) is 0 Å². The number of thioether (sulfide) groups is 1. The van der Waals surface area contributed by atoms with Crippen molar-refractivity contribution >= 4 is 17.7 Å². The molecule has 1 unspecified atom stereocenters. The van der Waals surface area contributed by atoms with Crippen LogP contribution in [0.5, 0.6) is 0 Å². The van der Waals surface area contributed by atoms with Crippen LogP contribution in [0.4, 0.5) is 0 Å². The lowest BCUT2D eigenvalue weighted by Crippen LogP contribution is -2.42. The zero-order chi connectivity index (χ0) is 12.8. The first-order valence-corrected chi connectivity index (χ1v) is 8.13. The Kier molecular flexibility index (Phi) is 4.94. The normalized spacial score (nSPS) is 27.2. The average Bonchev–Trinajstić information content (AvgIpc) is 2.79. The number of carbonyl (C=O) groups excluding carboxylic acids is 1. The lowest BCUT2D eigenvalue weighted by molar-refractivity contribution is -0.128. The predicted molar refractivity (Wildman–Crippen MR) is 74.2 cm³/mol. The van der Waals surface area contributed by atoms with E-state index in [1.807, 2.05) is 11.8 Å². The number of hydrogen-bond acceptors (Lipinski definition) is 3. The van der Waals surface area contributed by atoms with Crippen LogP contribution in [0.25, 0.3) is 0 Å². The lowest BCUT2D eigenvalue weighted by Gasteiger charge is -2.24. The van der Waals surface area contributed by atoms with E-state index in [-0.39, 0.29) is 5.91 Å². The van der Waals surface area contributed by atoms with Gasteiger partial charge in [0.25, 0.3) is 0 Å². The van der Waals surface area contributed by atoms with E-state index in [4.69, 9.17) is 0 Å². The van der Waals surface area contributed by atoms with Crippen molar-refractivity contribution in [3.8, 4) is 6.07 Å². The number of rotatable bonds is 3. The van der Waals surface area contributed by atoms with Gasteiger partial charge < -0.3 is 5.32 Å². The Balaban J connectivity index is 1.89. The van der Waals surface area contributed by atoms with E-state index in [9.17, 15) is 10.1 Å². The summed E-state index contributed by atoms with van der Waals surface area (Å²) in [5.74, 6) is 1.20. The molecule has 4 heteroatoms. The Bertz CT molecular complexity index is 323. The fraction of sp³-hybridized carbons (Fsp3) is 0.857. The van der Waals surface area contributed by atoms with Crippen molar-refractivity contribution in [1.82, 2.24) is 5.32 Å². The Hall–Kier alpha value is -0.690. The number of nitrogens with one attached hydrogen (secondary N) is 1. The van der Waals surface area contributed by atoms with E-state index in [0.29, 0.717) is 5.25 Å². The molecule has 100 valence electrons. The minimum atomic E-state index is -0.736. The minimum Gasteiger partial charge on any atom is -0.354 e.